The van der Waals surface area contributed by atoms with Crippen LogP contribution in [0.25, 0.3) is 0 Å². The highest BCUT2D eigenvalue weighted by molar-refractivity contribution is 7.80. The molecule has 0 bridgehead atoms. The molecule has 0 aromatic heterocycles. The van der Waals surface area contributed by atoms with E-state index in [1.54, 1.807) is 7.11 Å². The second-order valence-electron chi connectivity index (χ2n) is 5.47. The Balaban J connectivity index is 2.51. The normalized spacial score (nSPS) is 11.2. The summed E-state index contributed by atoms with van der Waals surface area (Å²) in [6, 6.07) is 8.08. The summed E-state index contributed by atoms with van der Waals surface area (Å²) in [6.45, 7) is 5.17. The minimum Gasteiger partial charge on any atom is -0.497 e. The Morgan fingerprint density at radius 2 is 2.11 bits per heavy atom. The van der Waals surface area contributed by atoms with Crippen LogP contribution in [0.3, 0.4) is 0 Å². The summed E-state index contributed by atoms with van der Waals surface area (Å²) in [5, 5.41) is 0. The number of rotatable bonds is 7. The van der Waals surface area contributed by atoms with Crippen LogP contribution in [0, 0.1) is 5.41 Å². The number of anilines is 1. The molecule has 0 aliphatic carbocycles. The summed E-state index contributed by atoms with van der Waals surface area (Å²) in [5.74, 6) is 0.882. The molecule has 3 nitrogen and oxygen atoms in total. The first-order valence-corrected chi connectivity index (χ1v) is 6.93. The van der Waals surface area contributed by atoms with Gasteiger partial charge in [-0.05, 0) is 25.0 Å². The van der Waals surface area contributed by atoms with Gasteiger partial charge in [-0.2, -0.15) is 0 Å². The number of nitrogens with zero attached hydrogens (tertiary/aromatic N) is 1. The quantitative estimate of drug-likeness (QED) is 0.778. The fourth-order valence-corrected chi connectivity index (χ4v) is 1.96. The van der Waals surface area contributed by atoms with Crippen molar-refractivity contribution in [2.45, 2.75) is 26.7 Å². The molecule has 0 spiro atoms. The zero-order valence-electron chi connectivity index (χ0n) is 12.3. The molecule has 0 amide bonds. The third kappa shape index (κ3) is 4.71. The molecule has 0 atom stereocenters. The van der Waals surface area contributed by atoms with Crippen molar-refractivity contribution in [2.75, 3.05) is 25.6 Å². The molecule has 0 saturated heterocycles. The summed E-state index contributed by atoms with van der Waals surface area (Å²) < 4.78 is 5.23. The maximum Gasteiger partial charge on any atom is 0.120 e. The van der Waals surface area contributed by atoms with Crippen molar-refractivity contribution in [2.24, 2.45) is 11.1 Å². The summed E-state index contributed by atoms with van der Waals surface area (Å²) in [5.41, 5.74) is 6.83. The monoisotopic (exact) mass is 280 g/mol. The Labute approximate surface area is 121 Å². The Bertz CT molecular complexity index is 432. The number of benzene rings is 1. The third-order valence-corrected chi connectivity index (χ3v) is 4.01. The van der Waals surface area contributed by atoms with Gasteiger partial charge < -0.3 is 15.4 Å². The minimum absolute atomic E-state index is 0.0649. The van der Waals surface area contributed by atoms with Crippen LogP contribution in [-0.2, 0) is 0 Å². The molecule has 0 aliphatic rings. The Kier molecular flexibility index (Phi) is 5.60. The van der Waals surface area contributed by atoms with Gasteiger partial charge in [-0.3, -0.25) is 0 Å². The van der Waals surface area contributed by atoms with E-state index in [-0.39, 0.29) is 5.41 Å². The van der Waals surface area contributed by atoms with Crippen molar-refractivity contribution in [3.05, 3.63) is 24.3 Å². The van der Waals surface area contributed by atoms with E-state index in [0.29, 0.717) is 4.99 Å². The molecule has 1 aromatic rings. The lowest BCUT2D eigenvalue weighted by Gasteiger charge is -2.25. The summed E-state index contributed by atoms with van der Waals surface area (Å²) in [7, 11) is 3.77. The molecule has 106 valence electrons. The first kappa shape index (κ1) is 15.8. The maximum absolute atomic E-state index is 5.74. The van der Waals surface area contributed by atoms with Crippen molar-refractivity contribution >= 4 is 22.9 Å². The van der Waals surface area contributed by atoms with E-state index in [1.165, 1.54) is 0 Å². The topological polar surface area (TPSA) is 38.5 Å². The molecule has 0 fully saturated rings. The van der Waals surface area contributed by atoms with E-state index < -0.39 is 0 Å². The number of hydrogen-bond donors (Lipinski definition) is 1. The fraction of sp³-hybridized carbons (Fsp3) is 0.533. The fourth-order valence-electron chi connectivity index (χ4n) is 1.86. The van der Waals surface area contributed by atoms with E-state index >= 15 is 0 Å². The van der Waals surface area contributed by atoms with Gasteiger partial charge in [0.1, 0.15) is 5.75 Å². The predicted octanol–water partition coefficient (Wildman–Crippen LogP) is 3.22. The largest absolute Gasteiger partial charge is 0.497 e. The second-order valence-corrected chi connectivity index (χ2v) is 5.91. The molecule has 1 aromatic carbocycles. The number of methoxy groups -OCH3 is 1. The lowest BCUT2D eigenvalue weighted by molar-refractivity contribution is 0.414. The third-order valence-electron chi connectivity index (χ3n) is 3.46. The predicted molar refractivity (Wildman–Crippen MR) is 86.1 cm³/mol. The van der Waals surface area contributed by atoms with Crippen LogP contribution >= 0.6 is 12.2 Å². The van der Waals surface area contributed by atoms with Crippen LogP contribution in [0.5, 0.6) is 5.75 Å². The molecule has 1 rings (SSSR count). The average molecular weight is 280 g/mol. The highest BCUT2D eigenvalue weighted by atomic mass is 32.1. The standard InChI is InChI=1S/C15H24N2OS/c1-15(2,14(16)19)9-6-10-17(3)12-7-5-8-13(11-12)18-4/h5,7-8,11H,6,9-10H2,1-4H3,(H2,16,19). The van der Waals surface area contributed by atoms with Gasteiger partial charge in [0.05, 0.1) is 12.1 Å². The number of thiocarbonyl (C=S) groups is 1. The second kappa shape index (κ2) is 6.75. The molecule has 19 heavy (non-hydrogen) atoms. The lowest BCUT2D eigenvalue weighted by atomic mass is 9.88. The van der Waals surface area contributed by atoms with Gasteiger partial charge in [0.2, 0.25) is 0 Å². The zero-order valence-corrected chi connectivity index (χ0v) is 13.1. The van der Waals surface area contributed by atoms with Gasteiger partial charge in [0.25, 0.3) is 0 Å². The highest BCUT2D eigenvalue weighted by Crippen LogP contribution is 2.24. The molecule has 0 radical (unpaired) electrons. The first-order valence-electron chi connectivity index (χ1n) is 6.52. The number of ether oxygens (including phenoxy) is 1. The Hall–Kier alpha value is -1.29. The lowest BCUT2D eigenvalue weighted by Crippen LogP contribution is -2.31. The van der Waals surface area contributed by atoms with Gasteiger partial charge in [-0.25, -0.2) is 0 Å². The van der Waals surface area contributed by atoms with E-state index in [2.05, 4.69) is 31.9 Å². The Morgan fingerprint density at radius 1 is 1.42 bits per heavy atom. The summed E-state index contributed by atoms with van der Waals surface area (Å²) in [4.78, 5) is 2.81. The first-order chi connectivity index (χ1) is 8.86. The average Bonchev–Trinajstić information content (AvgIpc) is 2.38. The summed E-state index contributed by atoms with van der Waals surface area (Å²) >= 11 is 5.08. The van der Waals surface area contributed by atoms with Gasteiger partial charge >= 0.3 is 0 Å². The van der Waals surface area contributed by atoms with E-state index in [1.807, 2.05) is 18.2 Å². The van der Waals surface area contributed by atoms with Crippen molar-refractivity contribution < 1.29 is 4.74 Å². The molecule has 0 unspecified atom stereocenters. The van der Waals surface area contributed by atoms with Crippen LogP contribution in [0.1, 0.15) is 26.7 Å². The number of hydrogen-bond acceptors (Lipinski definition) is 3. The molecule has 0 heterocycles. The van der Waals surface area contributed by atoms with Gasteiger partial charge in [0, 0.05) is 30.8 Å². The molecular weight excluding hydrogens is 256 g/mol. The van der Waals surface area contributed by atoms with Crippen molar-refractivity contribution in [3.8, 4) is 5.75 Å². The number of nitrogens with two attached hydrogens (primary N) is 1. The smallest absolute Gasteiger partial charge is 0.120 e. The van der Waals surface area contributed by atoms with Gasteiger partial charge in [0.15, 0.2) is 0 Å². The van der Waals surface area contributed by atoms with Gasteiger partial charge in [-0.1, -0.05) is 32.1 Å². The van der Waals surface area contributed by atoms with Crippen LogP contribution in [-0.4, -0.2) is 25.7 Å². The van der Waals surface area contributed by atoms with Crippen LogP contribution in [0.2, 0.25) is 0 Å². The molecule has 4 heteroatoms. The summed E-state index contributed by atoms with van der Waals surface area (Å²) in [6.07, 6.45) is 2.05. The van der Waals surface area contributed by atoms with E-state index in [4.69, 9.17) is 22.7 Å². The minimum atomic E-state index is -0.0649. The van der Waals surface area contributed by atoms with Crippen LogP contribution in [0.4, 0.5) is 5.69 Å². The molecule has 0 aliphatic heterocycles. The molecule has 0 saturated carbocycles. The van der Waals surface area contributed by atoms with Crippen molar-refractivity contribution in [3.63, 3.8) is 0 Å². The van der Waals surface area contributed by atoms with Gasteiger partial charge in [-0.15, -0.1) is 0 Å². The SMILES string of the molecule is COc1cccc(N(C)CCCC(C)(C)C(N)=S)c1. The van der Waals surface area contributed by atoms with Crippen molar-refractivity contribution in [1.29, 1.82) is 0 Å². The van der Waals surface area contributed by atoms with Crippen LogP contribution in [0.15, 0.2) is 24.3 Å². The molecule has 2 N–H and O–H groups in total. The molecular formula is C15H24N2OS. The van der Waals surface area contributed by atoms with E-state index in [0.717, 1.165) is 30.8 Å². The zero-order chi connectivity index (χ0) is 14.5. The highest BCUT2D eigenvalue weighted by Gasteiger charge is 2.20. The van der Waals surface area contributed by atoms with Crippen molar-refractivity contribution in [1.82, 2.24) is 0 Å². The van der Waals surface area contributed by atoms with E-state index in [9.17, 15) is 0 Å². The maximum atomic E-state index is 5.74. The Morgan fingerprint density at radius 3 is 2.68 bits per heavy atom. The van der Waals surface area contributed by atoms with Crippen LogP contribution < -0.4 is 15.4 Å².